The number of carbonyl (C=O) groups is 11. The molecule has 1 rings (SSSR count). The summed E-state index contributed by atoms with van der Waals surface area (Å²) in [7, 11) is 0. The minimum atomic E-state index is -0.906. The molecule has 2 unspecified atom stereocenters. The third kappa shape index (κ3) is 82.8. The minimum Gasteiger partial charge on any atom is -0.481 e. The van der Waals surface area contributed by atoms with E-state index in [0.717, 1.165) is 77.0 Å². The van der Waals surface area contributed by atoms with E-state index >= 15 is 0 Å². The van der Waals surface area contributed by atoms with Crippen LogP contribution in [-0.4, -0.2) is 222 Å². The van der Waals surface area contributed by atoms with Crippen LogP contribution < -0.4 is 21.3 Å². The number of rotatable bonds is 92. The molecule has 2 atom stereocenters. The summed E-state index contributed by atoms with van der Waals surface area (Å²) in [6, 6.07) is 0. The molecule has 1 aromatic heterocycles. The molecule has 29 heteroatoms. The number of carboxylic acid groups (broad SMARTS) is 1. The molecule has 0 saturated heterocycles. The van der Waals surface area contributed by atoms with Crippen LogP contribution in [0.4, 0.5) is 0 Å². The Morgan fingerprint density at radius 3 is 0.992 bits per heavy atom. The molecule has 0 aliphatic heterocycles. The number of hydrogen-bond acceptors (Lipinski definition) is 21. The zero-order chi connectivity index (χ0) is 93.2. The first-order valence-corrected chi connectivity index (χ1v) is 52.9. The highest BCUT2D eigenvalue weighted by Gasteiger charge is 2.22. The fraction of sp³-hybridized carbons (Fsp3) is 0.867. The Kier molecular flexibility index (Phi) is 87.4. The van der Waals surface area contributed by atoms with Crippen LogP contribution in [0, 0.1) is 0 Å². The number of aromatic nitrogens is 3. The van der Waals surface area contributed by atoms with Gasteiger partial charge in [-0.2, -0.15) is 23.5 Å². The van der Waals surface area contributed by atoms with Crippen molar-refractivity contribution in [2.45, 2.75) is 433 Å². The van der Waals surface area contributed by atoms with E-state index in [1.165, 1.54) is 210 Å². The van der Waals surface area contributed by atoms with Crippen LogP contribution in [0.5, 0.6) is 0 Å². The third-order valence-corrected chi connectivity index (χ3v) is 24.0. The van der Waals surface area contributed by atoms with Gasteiger partial charge in [-0.25, -0.2) is 0 Å². The molecule has 0 saturated carbocycles. The Balaban J connectivity index is 0.00000254. The predicted molar refractivity (Wildman–Crippen MR) is 513 cm³/mol. The molecule has 5 N–H and O–H groups in total. The fourth-order valence-electron chi connectivity index (χ4n) is 14.2. The van der Waals surface area contributed by atoms with Gasteiger partial charge in [0.05, 0.1) is 45.1 Å². The summed E-state index contributed by atoms with van der Waals surface area (Å²) in [5, 5.41) is 28.2. The zero-order valence-corrected chi connectivity index (χ0v) is 82.5. The number of carbonyl (C=O) groups excluding carboxylic acids is 10. The molecule has 6 amide bonds. The van der Waals surface area contributed by atoms with E-state index in [-0.39, 0.29) is 118 Å². The maximum Gasteiger partial charge on any atom is 0.306 e. The summed E-state index contributed by atoms with van der Waals surface area (Å²) in [6.45, 7) is 18.4. The van der Waals surface area contributed by atoms with Crippen molar-refractivity contribution in [3.05, 3.63) is 11.9 Å². The number of esters is 4. The van der Waals surface area contributed by atoms with E-state index in [1.807, 2.05) is 6.92 Å². The van der Waals surface area contributed by atoms with Gasteiger partial charge in [0.25, 0.3) is 0 Å². The Bertz CT molecular complexity index is 2860. The van der Waals surface area contributed by atoms with Crippen LogP contribution in [0.25, 0.3) is 0 Å². The summed E-state index contributed by atoms with van der Waals surface area (Å²) in [5.74, 6) is 0.109. The van der Waals surface area contributed by atoms with Gasteiger partial charge in [-0.1, -0.05) is 311 Å². The lowest BCUT2D eigenvalue weighted by atomic mass is 10.1. The number of carboxylic acids is 1. The SMILES string of the molecule is CCCCCCCCCCCCCC(=O)OCC(COCCNC(=O)CCSCCN(CCNC(=O)CC)C(=O)CC)OC(=O)CCCCCCCCCCCCC.CCCCCCCCCCCCCC(=O)OCC(COCCNC(=O)CCSCCN(CCNC(=O)CCCc1cn(CCC(=O)O)nn1)C(=O)CC)OC(=O)CCCCCCCCCCCCC. The molecule has 0 aliphatic carbocycles. The van der Waals surface area contributed by atoms with Gasteiger partial charge in [0.15, 0.2) is 12.2 Å². The lowest BCUT2D eigenvalue weighted by Gasteiger charge is -2.22. The number of aliphatic carboxylic acids is 1. The Morgan fingerprint density at radius 2 is 0.661 bits per heavy atom. The van der Waals surface area contributed by atoms with E-state index in [0.29, 0.717) is 152 Å². The van der Waals surface area contributed by atoms with Gasteiger partial charge in [-0.3, -0.25) is 57.4 Å². The van der Waals surface area contributed by atoms with Crippen molar-refractivity contribution in [1.29, 1.82) is 0 Å². The number of nitrogens with one attached hydrogen (secondary N) is 4. The lowest BCUT2D eigenvalue weighted by molar-refractivity contribution is -0.163. The molecule has 738 valence electrons. The normalized spacial score (nSPS) is 11.6. The van der Waals surface area contributed by atoms with Crippen molar-refractivity contribution in [2.24, 2.45) is 0 Å². The molecule has 0 aromatic carbocycles. The summed E-state index contributed by atoms with van der Waals surface area (Å²) >= 11 is 3.18. The Hall–Kier alpha value is -6.07. The predicted octanol–water partition coefficient (Wildman–Crippen LogP) is 19.4. The highest BCUT2D eigenvalue weighted by molar-refractivity contribution is 7.99. The van der Waals surface area contributed by atoms with Gasteiger partial charge in [0.2, 0.25) is 35.4 Å². The molecular formula is C98H181N9O18S2. The van der Waals surface area contributed by atoms with Crippen molar-refractivity contribution in [2.75, 3.05) is 115 Å². The first-order chi connectivity index (χ1) is 61.8. The Labute approximate surface area is 776 Å². The quantitative estimate of drug-likeness (QED) is 0.0230. The van der Waals surface area contributed by atoms with Crippen LogP contribution in [0.15, 0.2) is 6.20 Å². The Morgan fingerprint density at radius 1 is 0.346 bits per heavy atom. The summed E-state index contributed by atoms with van der Waals surface area (Å²) in [4.78, 5) is 139. The second-order valence-electron chi connectivity index (χ2n) is 33.8. The molecular weight excluding hydrogens is 1660 g/mol. The van der Waals surface area contributed by atoms with Crippen LogP contribution in [0.2, 0.25) is 0 Å². The number of ether oxygens (including phenoxy) is 6. The summed E-state index contributed by atoms with van der Waals surface area (Å²) in [5.41, 5.74) is 0.697. The first-order valence-electron chi connectivity index (χ1n) is 50.6. The van der Waals surface area contributed by atoms with Crippen molar-refractivity contribution in [1.82, 2.24) is 46.1 Å². The van der Waals surface area contributed by atoms with Gasteiger partial charge >= 0.3 is 29.8 Å². The largest absolute Gasteiger partial charge is 0.481 e. The molecule has 0 bridgehead atoms. The molecule has 1 heterocycles. The third-order valence-electron chi connectivity index (χ3n) is 22.1. The molecule has 127 heavy (non-hydrogen) atoms. The second kappa shape index (κ2) is 91.8. The molecule has 0 spiro atoms. The number of nitrogens with zero attached hydrogens (tertiary/aromatic N) is 5. The van der Waals surface area contributed by atoms with Crippen LogP contribution in [0.3, 0.4) is 0 Å². The highest BCUT2D eigenvalue weighted by atomic mass is 32.2. The van der Waals surface area contributed by atoms with Crippen molar-refractivity contribution in [3.63, 3.8) is 0 Å². The number of amides is 6. The topological polar surface area (TPSA) is 349 Å². The molecule has 1 aromatic rings. The fourth-order valence-corrected chi connectivity index (χ4v) is 16.0. The molecule has 0 fully saturated rings. The molecule has 0 radical (unpaired) electrons. The van der Waals surface area contributed by atoms with Gasteiger partial charge in [-0.05, 0) is 38.5 Å². The smallest absolute Gasteiger partial charge is 0.306 e. The standard InChI is InChI=1S/C52H94N6O10S.C46H87N3O8S/c1-4-7-9-11-13-15-17-19-21-23-25-30-51(64)67-44-46(68-52(65)31-26-24-22-20-18-16-14-12-10-8-5-2)43-66-39-35-54-48(60)33-40-69-41-38-57(49(61)6-3)37-34-53-47(59)29-27-28-45-42-58(56-55-45)36-32-50(62)63;1-5-9-11-13-15-17-19-21-23-25-27-29-45(53)56-40-41(57-46(54)30-28-26-24-22-20-18-16-14-12-10-6-2)39-55-36-33-48-43(51)31-37-58-38-35-49(44(52)8-4)34-32-47-42(50)7-3/h42,46H,4-41,43-44H2,1-3H3,(H,53,59)(H,54,60)(H,62,63);41H,5-40H2,1-4H3,(H,47,50)(H,48,51). The van der Waals surface area contributed by atoms with Gasteiger partial charge in [-0.15, -0.1) is 5.10 Å². The minimum absolute atomic E-state index is 0.00678. The lowest BCUT2D eigenvalue weighted by Crippen LogP contribution is -2.39. The highest BCUT2D eigenvalue weighted by Crippen LogP contribution is 2.19. The van der Waals surface area contributed by atoms with Gasteiger partial charge in [0, 0.05) is 146 Å². The average molecular weight is 1840 g/mol. The van der Waals surface area contributed by atoms with Crippen LogP contribution in [0.1, 0.15) is 414 Å². The zero-order valence-electron chi connectivity index (χ0n) is 80.9. The van der Waals surface area contributed by atoms with Crippen molar-refractivity contribution < 1.29 is 86.3 Å². The van der Waals surface area contributed by atoms with Crippen LogP contribution >= 0.6 is 23.5 Å². The van der Waals surface area contributed by atoms with E-state index < -0.39 is 18.2 Å². The first kappa shape index (κ1) is 121. The van der Waals surface area contributed by atoms with Crippen molar-refractivity contribution >= 4 is 88.8 Å². The van der Waals surface area contributed by atoms with E-state index in [2.05, 4.69) is 59.3 Å². The van der Waals surface area contributed by atoms with Crippen LogP contribution in [-0.2, 0) is 94.1 Å². The average Bonchev–Trinajstić information content (AvgIpc) is 1.77. The maximum atomic E-state index is 12.8. The molecule has 0 aliphatic rings. The van der Waals surface area contributed by atoms with Gasteiger partial charge < -0.3 is 64.6 Å². The monoisotopic (exact) mass is 1840 g/mol. The molecule has 27 nitrogen and oxygen atoms in total. The number of unbranched alkanes of at least 4 members (excludes halogenated alkanes) is 40. The number of thioether (sulfide) groups is 2. The number of hydrogen-bond donors (Lipinski definition) is 5. The summed E-state index contributed by atoms with van der Waals surface area (Å²) in [6.07, 6.45) is 57.7. The van der Waals surface area contributed by atoms with E-state index in [9.17, 15) is 52.7 Å². The van der Waals surface area contributed by atoms with Crippen molar-refractivity contribution in [3.8, 4) is 0 Å². The van der Waals surface area contributed by atoms with Gasteiger partial charge in [0.1, 0.15) is 13.2 Å². The van der Waals surface area contributed by atoms with E-state index in [1.54, 1.807) is 53.4 Å². The van der Waals surface area contributed by atoms with E-state index in [4.69, 9.17) is 33.5 Å². The maximum absolute atomic E-state index is 12.8. The number of aryl methyl sites for hydroxylation is 2. The second-order valence-corrected chi connectivity index (χ2v) is 36.2. The summed E-state index contributed by atoms with van der Waals surface area (Å²) < 4.78 is 35.6.